The lowest BCUT2D eigenvalue weighted by Crippen LogP contribution is -2.58. The molecule has 1 aliphatic carbocycles. The summed E-state index contributed by atoms with van der Waals surface area (Å²) in [6, 6.07) is 5.86. The molecule has 0 radical (unpaired) electrons. The molecule has 0 unspecified atom stereocenters. The number of carbonyl (C=O) groups excluding carboxylic acids is 2. The van der Waals surface area contributed by atoms with Gasteiger partial charge in [0.15, 0.2) is 0 Å². The smallest absolute Gasteiger partial charge is 0.243 e. The Bertz CT molecular complexity index is 832. The van der Waals surface area contributed by atoms with Crippen molar-refractivity contribution < 1.29 is 9.59 Å². The first-order chi connectivity index (χ1) is 15.1. The third-order valence-corrected chi connectivity index (χ3v) is 7.21. The van der Waals surface area contributed by atoms with E-state index in [9.17, 15) is 9.59 Å². The van der Waals surface area contributed by atoms with Gasteiger partial charge in [0.1, 0.15) is 6.04 Å². The number of halogens is 1. The maximum absolute atomic E-state index is 12.6. The molecule has 4 rings (SSSR count). The van der Waals surface area contributed by atoms with Crippen LogP contribution in [0.15, 0.2) is 24.3 Å². The molecule has 5 nitrogen and oxygen atoms in total. The van der Waals surface area contributed by atoms with Gasteiger partial charge in [-0.1, -0.05) is 42.7 Å². The van der Waals surface area contributed by atoms with Gasteiger partial charge in [-0.25, -0.2) is 0 Å². The highest BCUT2D eigenvalue weighted by atomic mass is 35.5. The first-order valence-electron chi connectivity index (χ1n) is 11.9. The van der Waals surface area contributed by atoms with E-state index in [0.717, 1.165) is 54.8 Å². The van der Waals surface area contributed by atoms with Crippen molar-refractivity contribution in [1.29, 1.82) is 0 Å². The number of amides is 2. The van der Waals surface area contributed by atoms with E-state index in [2.05, 4.69) is 22.3 Å². The van der Waals surface area contributed by atoms with Gasteiger partial charge in [-0.05, 0) is 80.9 Å². The fourth-order valence-electron chi connectivity index (χ4n) is 4.82. The number of hydrogen-bond donors (Lipinski definition) is 1. The van der Waals surface area contributed by atoms with Crippen molar-refractivity contribution in [3.63, 3.8) is 0 Å². The molecule has 6 heteroatoms. The van der Waals surface area contributed by atoms with Gasteiger partial charge in [-0.15, -0.1) is 0 Å². The second-order valence-electron chi connectivity index (χ2n) is 9.07. The molecule has 0 saturated carbocycles. The van der Waals surface area contributed by atoms with Gasteiger partial charge in [0.05, 0.1) is 0 Å². The van der Waals surface area contributed by atoms with Gasteiger partial charge >= 0.3 is 0 Å². The van der Waals surface area contributed by atoms with Crippen LogP contribution in [0, 0.1) is 0 Å². The zero-order valence-corrected chi connectivity index (χ0v) is 19.1. The van der Waals surface area contributed by atoms with E-state index in [1.165, 1.54) is 37.9 Å². The van der Waals surface area contributed by atoms with Gasteiger partial charge in [-0.3, -0.25) is 9.59 Å². The number of likely N-dealkylation sites (tertiary alicyclic amines) is 2. The Morgan fingerprint density at radius 1 is 1.06 bits per heavy atom. The number of rotatable bonds is 9. The highest BCUT2D eigenvalue weighted by Crippen LogP contribution is 2.31. The first-order valence-corrected chi connectivity index (χ1v) is 12.3. The topological polar surface area (TPSA) is 52.7 Å². The van der Waals surface area contributed by atoms with E-state index >= 15 is 0 Å². The predicted molar refractivity (Wildman–Crippen MR) is 125 cm³/mol. The quantitative estimate of drug-likeness (QED) is 0.585. The van der Waals surface area contributed by atoms with Crippen molar-refractivity contribution in [2.24, 2.45) is 0 Å². The Morgan fingerprint density at radius 3 is 2.68 bits per heavy atom. The molecule has 0 spiro atoms. The van der Waals surface area contributed by atoms with Crippen LogP contribution in [0.1, 0.15) is 68.1 Å². The molecule has 2 aliphatic heterocycles. The van der Waals surface area contributed by atoms with E-state index in [-0.39, 0.29) is 17.9 Å². The van der Waals surface area contributed by atoms with E-state index in [1.807, 2.05) is 12.1 Å². The van der Waals surface area contributed by atoms with Gasteiger partial charge < -0.3 is 15.1 Å². The summed E-state index contributed by atoms with van der Waals surface area (Å²) in [5, 5.41) is 3.79. The minimum absolute atomic E-state index is 0.0492. The van der Waals surface area contributed by atoms with Crippen molar-refractivity contribution in [3.05, 3.63) is 41.0 Å². The van der Waals surface area contributed by atoms with Crippen molar-refractivity contribution in [2.75, 3.05) is 26.2 Å². The second-order valence-corrected chi connectivity index (χ2v) is 9.48. The number of benzene rings is 1. The van der Waals surface area contributed by atoms with E-state index in [0.29, 0.717) is 19.5 Å². The SMILES string of the molecule is O=C(NCc1ccc2c(c1)C(Cl)=CC2)[C@@H]1CCN1C(=O)CCCCCN1CCCCC1. The Balaban J connectivity index is 1.15. The molecule has 0 bridgehead atoms. The normalized spacial score (nSPS) is 20.7. The van der Waals surface area contributed by atoms with Crippen molar-refractivity contribution in [3.8, 4) is 0 Å². The third-order valence-electron chi connectivity index (χ3n) is 6.86. The minimum atomic E-state index is -0.307. The largest absolute Gasteiger partial charge is 0.350 e. The highest BCUT2D eigenvalue weighted by Gasteiger charge is 2.36. The molecule has 168 valence electrons. The Hall–Kier alpha value is -1.85. The van der Waals surface area contributed by atoms with Crippen LogP contribution < -0.4 is 5.32 Å². The lowest BCUT2D eigenvalue weighted by molar-refractivity contribution is -0.147. The van der Waals surface area contributed by atoms with Crippen LogP contribution in [0.4, 0.5) is 0 Å². The highest BCUT2D eigenvalue weighted by molar-refractivity contribution is 6.49. The van der Waals surface area contributed by atoms with Crippen LogP contribution in [0.5, 0.6) is 0 Å². The predicted octanol–water partition coefficient (Wildman–Crippen LogP) is 4.09. The number of carbonyl (C=O) groups is 2. The lowest BCUT2D eigenvalue weighted by atomic mass is 10.00. The van der Waals surface area contributed by atoms with Crippen LogP contribution in [0.25, 0.3) is 5.03 Å². The molecule has 1 aromatic rings. The fourth-order valence-corrected chi connectivity index (χ4v) is 5.08. The van der Waals surface area contributed by atoms with E-state index in [1.54, 1.807) is 4.90 Å². The number of hydrogen-bond acceptors (Lipinski definition) is 3. The third kappa shape index (κ3) is 5.69. The molecule has 2 heterocycles. The average molecular weight is 444 g/mol. The summed E-state index contributed by atoms with van der Waals surface area (Å²) in [6.45, 7) is 4.79. The van der Waals surface area contributed by atoms with Gasteiger partial charge in [0, 0.05) is 24.5 Å². The van der Waals surface area contributed by atoms with Gasteiger partial charge in [0.2, 0.25) is 11.8 Å². The monoisotopic (exact) mass is 443 g/mol. The molecular formula is C25H34ClN3O2. The van der Waals surface area contributed by atoms with Crippen molar-refractivity contribution in [2.45, 2.75) is 70.4 Å². The van der Waals surface area contributed by atoms with Crippen LogP contribution in [-0.2, 0) is 22.6 Å². The zero-order valence-electron chi connectivity index (χ0n) is 18.4. The summed E-state index contributed by atoms with van der Waals surface area (Å²) in [5.41, 5.74) is 3.33. The maximum atomic E-state index is 12.6. The molecule has 1 aromatic carbocycles. The summed E-state index contributed by atoms with van der Waals surface area (Å²) in [4.78, 5) is 29.5. The molecule has 1 N–H and O–H groups in total. The molecule has 1 atom stereocenters. The number of fused-ring (bicyclic) bond motifs is 1. The second kappa shape index (κ2) is 10.6. The molecule has 0 aromatic heterocycles. The number of nitrogens with zero attached hydrogens (tertiary/aromatic N) is 2. The summed E-state index contributed by atoms with van der Waals surface area (Å²) in [6.07, 6.45) is 11.4. The summed E-state index contributed by atoms with van der Waals surface area (Å²) >= 11 is 6.24. The van der Waals surface area contributed by atoms with Gasteiger partial charge in [-0.2, -0.15) is 0 Å². The fraction of sp³-hybridized carbons (Fsp3) is 0.600. The first kappa shape index (κ1) is 22.3. The summed E-state index contributed by atoms with van der Waals surface area (Å²) in [7, 11) is 0. The number of nitrogens with one attached hydrogen (secondary N) is 1. The molecule has 2 amide bonds. The Morgan fingerprint density at radius 2 is 1.90 bits per heavy atom. The summed E-state index contributed by atoms with van der Waals surface area (Å²) < 4.78 is 0. The lowest BCUT2D eigenvalue weighted by Gasteiger charge is -2.39. The average Bonchev–Trinajstić information content (AvgIpc) is 3.12. The molecule has 3 aliphatic rings. The van der Waals surface area contributed by atoms with Crippen molar-refractivity contribution >= 4 is 28.4 Å². The Labute approximate surface area is 190 Å². The van der Waals surface area contributed by atoms with Crippen LogP contribution >= 0.6 is 11.6 Å². The minimum Gasteiger partial charge on any atom is -0.350 e. The van der Waals surface area contributed by atoms with Crippen LogP contribution in [0.3, 0.4) is 0 Å². The molecule has 2 saturated heterocycles. The molecule has 31 heavy (non-hydrogen) atoms. The zero-order chi connectivity index (χ0) is 21.6. The molecular weight excluding hydrogens is 410 g/mol. The molecule has 2 fully saturated rings. The van der Waals surface area contributed by atoms with E-state index < -0.39 is 0 Å². The van der Waals surface area contributed by atoms with Crippen LogP contribution in [-0.4, -0.2) is 53.8 Å². The Kier molecular flexibility index (Phi) is 7.67. The summed E-state index contributed by atoms with van der Waals surface area (Å²) in [5.74, 6) is 0.0747. The number of unbranched alkanes of at least 4 members (excludes halogenated alkanes) is 2. The standard InChI is InChI=1S/C25H34ClN3O2/c26-22-11-10-20-9-8-19(17-21(20)22)18-27-25(31)23-12-16-29(23)24(30)7-3-1-4-13-28-14-5-2-6-15-28/h8-9,11,17,23H,1-7,10,12-16,18H2,(H,27,31)/t23-/m0/s1. The van der Waals surface area contributed by atoms with E-state index in [4.69, 9.17) is 11.6 Å². The number of piperidine rings is 1. The van der Waals surface area contributed by atoms with Crippen LogP contribution in [0.2, 0.25) is 0 Å². The number of allylic oxidation sites excluding steroid dienone is 1. The van der Waals surface area contributed by atoms with Crippen molar-refractivity contribution in [1.82, 2.24) is 15.1 Å². The maximum Gasteiger partial charge on any atom is 0.243 e. The van der Waals surface area contributed by atoms with Gasteiger partial charge in [0.25, 0.3) is 0 Å².